The maximum Gasteiger partial charge on any atom is 0.328 e. The van der Waals surface area contributed by atoms with Gasteiger partial charge in [-0.3, -0.25) is 9.13 Å². The molecule has 0 aliphatic heterocycles. The first-order valence-electron chi connectivity index (χ1n) is 5.65. The first-order valence-corrected chi connectivity index (χ1v) is 5.65. The van der Waals surface area contributed by atoms with Crippen molar-refractivity contribution in [1.29, 1.82) is 0 Å². The normalized spacial score (nSPS) is 13.0. The fraction of sp³-hybridized carbons (Fsp3) is 0.727. The Morgan fingerprint density at radius 1 is 1.33 bits per heavy atom. The Morgan fingerprint density at radius 2 is 2.00 bits per heavy atom. The van der Waals surface area contributed by atoms with E-state index in [1.807, 2.05) is 19.3 Å². The molecular formula is C11H21N3O. The number of aromatic nitrogens is 2. The lowest BCUT2D eigenvalue weighted by Crippen LogP contribution is -2.29. The third kappa shape index (κ3) is 3.23. The molecule has 0 spiro atoms. The average Bonchev–Trinajstić information content (AvgIpc) is 2.57. The van der Waals surface area contributed by atoms with Gasteiger partial charge in [0.25, 0.3) is 0 Å². The summed E-state index contributed by atoms with van der Waals surface area (Å²) in [7, 11) is 0. The molecule has 1 atom stereocenters. The lowest BCUT2D eigenvalue weighted by atomic mass is 10.2. The minimum absolute atomic E-state index is 0.0980. The van der Waals surface area contributed by atoms with E-state index in [2.05, 4.69) is 19.2 Å². The van der Waals surface area contributed by atoms with E-state index in [0.29, 0.717) is 5.92 Å². The smallest absolute Gasteiger partial charge is 0.317 e. The van der Waals surface area contributed by atoms with Gasteiger partial charge >= 0.3 is 5.69 Å². The molecule has 0 radical (unpaired) electrons. The van der Waals surface area contributed by atoms with Gasteiger partial charge in [0, 0.05) is 25.5 Å². The van der Waals surface area contributed by atoms with Gasteiger partial charge in [-0.1, -0.05) is 13.8 Å². The standard InChI is InChI=1S/C11H21N3O/c1-4-12-8-10(3)9-14-7-6-13(5-2)11(14)15/h6-7,10,12H,4-5,8-9H2,1-3H3. The molecular weight excluding hydrogens is 190 g/mol. The molecule has 15 heavy (non-hydrogen) atoms. The van der Waals surface area contributed by atoms with Crippen molar-refractivity contribution in [3.05, 3.63) is 22.9 Å². The Labute approximate surface area is 90.9 Å². The van der Waals surface area contributed by atoms with Crippen LogP contribution in [0.3, 0.4) is 0 Å². The van der Waals surface area contributed by atoms with Crippen LogP contribution in [-0.2, 0) is 13.1 Å². The maximum absolute atomic E-state index is 11.7. The van der Waals surface area contributed by atoms with Gasteiger partial charge in [0.05, 0.1) is 0 Å². The van der Waals surface area contributed by atoms with Gasteiger partial charge in [-0.15, -0.1) is 0 Å². The average molecular weight is 211 g/mol. The van der Waals surface area contributed by atoms with Crippen molar-refractivity contribution in [2.45, 2.75) is 33.9 Å². The van der Waals surface area contributed by atoms with Gasteiger partial charge < -0.3 is 5.32 Å². The third-order valence-electron chi connectivity index (χ3n) is 2.51. The Bertz CT molecular complexity index is 340. The van der Waals surface area contributed by atoms with Crippen molar-refractivity contribution in [3.8, 4) is 0 Å². The summed E-state index contributed by atoms with van der Waals surface area (Å²) in [6.45, 7) is 9.69. The monoisotopic (exact) mass is 211 g/mol. The molecule has 0 bridgehead atoms. The highest BCUT2D eigenvalue weighted by atomic mass is 16.1. The quantitative estimate of drug-likeness (QED) is 0.760. The third-order valence-corrected chi connectivity index (χ3v) is 2.51. The van der Waals surface area contributed by atoms with Crippen LogP contribution in [0.5, 0.6) is 0 Å². The van der Waals surface area contributed by atoms with Gasteiger partial charge in [-0.05, 0) is 25.9 Å². The Kier molecular flexibility index (Phi) is 4.62. The fourth-order valence-electron chi connectivity index (χ4n) is 1.62. The number of nitrogens with one attached hydrogen (secondary N) is 1. The van der Waals surface area contributed by atoms with Crippen molar-refractivity contribution in [2.75, 3.05) is 13.1 Å². The summed E-state index contributed by atoms with van der Waals surface area (Å²) in [5.74, 6) is 0.482. The SMILES string of the molecule is CCNCC(C)Cn1ccn(CC)c1=O. The zero-order valence-electron chi connectivity index (χ0n) is 9.86. The van der Waals surface area contributed by atoms with Crippen molar-refractivity contribution < 1.29 is 0 Å². The molecule has 1 N–H and O–H groups in total. The lowest BCUT2D eigenvalue weighted by Gasteiger charge is -2.11. The van der Waals surface area contributed by atoms with Crippen LogP contribution in [0.15, 0.2) is 17.2 Å². The Hall–Kier alpha value is -1.03. The van der Waals surface area contributed by atoms with Crippen LogP contribution < -0.4 is 11.0 Å². The van der Waals surface area contributed by atoms with Crippen molar-refractivity contribution in [3.63, 3.8) is 0 Å². The Morgan fingerprint density at radius 3 is 2.53 bits per heavy atom. The molecule has 1 heterocycles. The number of hydrogen-bond donors (Lipinski definition) is 1. The van der Waals surface area contributed by atoms with Crippen LogP contribution in [0.2, 0.25) is 0 Å². The summed E-state index contributed by atoms with van der Waals surface area (Å²) in [5.41, 5.74) is 0.0980. The molecule has 0 saturated carbocycles. The van der Waals surface area contributed by atoms with Crippen molar-refractivity contribution in [2.24, 2.45) is 5.92 Å². The molecule has 0 aliphatic rings. The second kappa shape index (κ2) is 5.75. The predicted molar refractivity (Wildman–Crippen MR) is 62.1 cm³/mol. The molecule has 1 rings (SSSR count). The van der Waals surface area contributed by atoms with E-state index in [0.717, 1.165) is 26.2 Å². The van der Waals surface area contributed by atoms with Gasteiger partial charge in [0.2, 0.25) is 0 Å². The topological polar surface area (TPSA) is 39.0 Å². The number of imidazole rings is 1. The number of nitrogens with zero attached hydrogens (tertiary/aromatic N) is 2. The summed E-state index contributed by atoms with van der Waals surface area (Å²) in [6.07, 6.45) is 3.72. The molecule has 0 aromatic carbocycles. The molecule has 1 aromatic rings. The van der Waals surface area contributed by atoms with Crippen molar-refractivity contribution in [1.82, 2.24) is 14.5 Å². The van der Waals surface area contributed by atoms with Crippen LogP contribution in [0.1, 0.15) is 20.8 Å². The molecule has 0 saturated heterocycles. The van der Waals surface area contributed by atoms with Crippen LogP contribution >= 0.6 is 0 Å². The number of aryl methyl sites for hydroxylation is 1. The minimum atomic E-state index is 0.0980. The summed E-state index contributed by atoms with van der Waals surface area (Å²) >= 11 is 0. The van der Waals surface area contributed by atoms with Gasteiger partial charge in [0.1, 0.15) is 0 Å². The first-order chi connectivity index (χ1) is 7.19. The maximum atomic E-state index is 11.7. The lowest BCUT2D eigenvalue weighted by molar-refractivity contribution is 0.440. The highest BCUT2D eigenvalue weighted by Gasteiger charge is 2.06. The van der Waals surface area contributed by atoms with E-state index < -0.39 is 0 Å². The van der Waals surface area contributed by atoms with Gasteiger partial charge in [-0.2, -0.15) is 0 Å². The van der Waals surface area contributed by atoms with E-state index >= 15 is 0 Å². The summed E-state index contributed by atoms with van der Waals surface area (Å²) in [5, 5.41) is 3.29. The van der Waals surface area contributed by atoms with E-state index in [-0.39, 0.29) is 5.69 Å². The van der Waals surface area contributed by atoms with Gasteiger partial charge in [0.15, 0.2) is 0 Å². The predicted octanol–water partition coefficient (Wildman–Crippen LogP) is 0.915. The molecule has 0 aliphatic carbocycles. The molecule has 86 valence electrons. The number of hydrogen-bond acceptors (Lipinski definition) is 2. The van der Waals surface area contributed by atoms with Crippen LogP contribution in [0.4, 0.5) is 0 Å². The first kappa shape index (κ1) is 12.0. The highest BCUT2D eigenvalue weighted by Crippen LogP contribution is 1.97. The van der Waals surface area contributed by atoms with E-state index in [4.69, 9.17) is 0 Å². The number of rotatable bonds is 6. The summed E-state index contributed by atoms with van der Waals surface area (Å²) < 4.78 is 3.51. The zero-order chi connectivity index (χ0) is 11.3. The van der Waals surface area contributed by atoms with E-state index in [1.54, 1.807) is 9.13 Å². The van der Waals surface area contributed by atoms with Crippen LogP contribution in [0, 0.1) is 5.92 Å². The molecule has 4 nitrogen and oxygen atoms in total. The van der Waals surface area contributed by atoms with E-state index in [1.165, 1.54) is 0 Å². The second-order valence-electron chi connectivity index (χ2n) is 3.93. The Balaban J connectivity index is 2.56. The van der Waals surface area contributed by atoms with Crippen LogP contribution in [-0.4, -0.2) is 22.2 Å². The largest absolute Gasteiger partial charge is 0.328 e. The van der Waals surface area contributed by atoms with Crippen LogP contribution in [0.25, 0.3) is 0 Å². The highest BCUT2D eigenvalue weighted by molar-refractivity contribution is 4.81. The van der Waals surface area contributed by atoms with Gasteiger partial charge in [-0.25, -0.2) is 4.79 Å². The fourth-order valence-corrected chi connectivity index (χ4v) is 1.62. The molecule has 0 fully saturated rings. The summed E-state index contributed by atoms with van der Waals surface area (Å²) in [4.78, 5) is 11.7. The zero-order valence-corrected chi connectivity index (χ0v) is 9.86. The minimum Gasteiger partial charge on any atom is -0.317 e. The summed E-state index contributed by atoms with van der Waals surface area (Å²) in [6, 6.07) is 0. The second-order valence-corrected chi connectivity index (χ2v) is 3.93. The molecule has 1 aromatic heterocycles. The molecule has 0 amide bonds. The molecule has 1 unspecified atom stereocenters. The van der Waals surface area contributed by atoms with Crippen molar-refractivity contribution >= 4 is 0 Å². The molecule has 4 heteroatoms. The van der Waals surface area contributed by atoms with E-state index in [9.17, 15) is 4.79 Å².